The van der Waals surface area contributed by atoms with Crippen LogP contribution in [0.25, 0.3) is 22.5 Å². The van der Waals surface area contributed by atoms with Gasteiger partial charge >= 0.3 is 25.2 Å². The van der Waals surface area contributed by atoms with Crippen LogP contribution >= 0.6 is 34.8 Å². The Balaban J connectivity index is 0.000000152. The SMILES string of the molecule is CC1(C)OB(c2cc3n(c2)C(=O)N([C@H](CO[Si](C)(C)C(C)(C)C)c2cccc(Cl)c2)C3)OC1(C)C.Cc1cnc(Nc2ccnn2C)nc1-c1cc2n(c1)C(=O)N([C@H](CO)c1cccc(Cl)c1)C2.Cc1cnc(Nc2ccnn2C)nc1-c1cc2n(c1)C(=O)N([C@H](CO[Si](C)(C)C(C)(C)C)c1cccc(Cl)c1)C2. The molecule has 3 atom stereocenters. The Kier molecular flexibility index (Phi) is 22.3. The van der Waals surface area contributed by atoms with Crippen molar-refractivity contribution in [1.82, 2.24) is 67.9 Å². The van der Waals surface area contributed by atoms with Crippen molar-refractivity contribution in [3.05, 3.63) is 206 Å². The summed E-state index contributed by atoms with van der Waals surface area (Å²) >= 11 is 18.8. The number of hydrogen-bond acceptors (Lipinski definition) is 16. The summed E-state index contributed by atoms with van der Waals surface area (Å²) < 4.78 is 34.1. The average molecular weight is 1560 g/mol. The highest BCUT2D eigenvalue weighted by Crippen LogP contribution is 2.43. The molecule has 568 valence electrons. The molecule has 10 aromatic rings. The number of benzene rings is 3. The van der Waals surface area contributed by atoms with Gasteiger partial charge in [-0.2, -0.15) is 10.2 Å². The van der Waals surface area contributed by atoms with Gasteiger partial charge in [0.25, 0.3) is 0 Å². The number of nitrogens with zero attached hydrogens (tertiary/aromatic N) is 14. The van der Waals surface area contributed by atoms with Gasteiger partial charge in [0.05, 0.1) is 92.6 Å². The van der Waals surface area contributed by atoms with E-state index in [-0.39, 0.29) is 46.9 Å². The molecule has 14 rings (SSSR count). The number of amides is 3. The lowest BCUT2D eigenvalue weighted by Crippen LogP contribution is -2.44. The molecular formula is C78H96BCl3N16O8Si2. The Morgan fingerprint density at radius 1 is 0.546 bits per heavy atom. The maximum atomic E-state index is 13.8. The van der Waals surface area contributed by atoms with E-state index in [1.54, 1.807) is 71.1 Å². The topological polar surface area (TPSA) is 244 Å². The fourth-order valence-electron chi connectivity index (χ4n) is 12.8. The van der Waals surface area contributed by atoms with Crippen molar-refractivity contribution >= 4 is 106 Å². The number of rotatable bonds is 20. The molecule has 0 unspecified atom stereocenters. The lowest BCUT2D eigenvalue weighted by Gasteiger charge is -2.38. The van der Waals surface area contributed by atoms with Gasteiger partial charge in [0.2, 0.25) is 11.9 Å². The quantitative estimate of drug-likeness (QED) is 0.0601. The normalized spacial score (nSPS) is 16.3. The molecule has 3 aromatic carbocycles. The first-order chi connectivity index (χ1) is 50.8. The molecule has 24 nitrogen and oxygen atoms in total. The number of hydrogen-bond donors (Lipinski definition) is 3. The van der Waals surface area contributed by atoms with E-state index >= 15 is 0 Å². The molecule has 0 bridgehead atoms. The molecule has 3 amide bonds. The third-order valence-corrected chi connectivity index (χ3v) is 31.7. The first-order valence-corrected chi connectivity index (χ1v) is 43.0. The van der Waals surface area contributed by atoms with Crippen LogP contribution in [0.2, 0.25) is 51.3 Å². The third-order valence-electron chi connectivity index (χ3n) is 22.0. The van der Waals surface area contributed by atoms with E-state index in [0.29, 0.717) is 59.8 Å². The van der Waals surface area contributed by atoms with Crippen LogP contribution in [0.5, 0.6) is 0 Å². The van der Waals surface area contributed by atoms with Crippen molar-refractivity contribution in [2.24, 2.45) is 14.1 Å². The van der Waals surface area contributed by atoms with Gasteiger partial charge in [0.1, 0.15) is 11.6 Å². The predicted molar refractivity (Wildman–Crippen MR) is 428 cm³/mol. The molecule has 11 heterocycles. The molecule has 0 aliphatic carbocycles. The number of aryl methyl sites for hydroxylation is 4. The van der Waals surface area contributed by atoms with E-state index in [1.165, 1.54) is 0 Å². The largest absolute Gasteiger partial charge is 0.496 e. The molecule has 1 saturated heterocycles. The van der Waals surface area contributed by atoms with Gasteiger partial charge in [-0.25, -0.2) is 34.3 Å². The molecule has 0 spiro atoms. The van der Waals surface area contributed by atoms with E-state index in [2.05, 4.69) is 104 Å². The van der Waals surface area contributed by atoms with E-state index in [9.17, 15) is 19.5 Å². The van der Waals surface area contributed by atoms with Crippen molar-refractivity contribution in [1.29, 1.82) is 0 Å². The molecule has 108 heavy (non-hydrogen) atoms. The number of aliphatic hydroxyl groups excluding tert-OH is 1. The predicted octanol–water partition coefficient (Wildman–Crippen LogP) is 16.8. The van der Waals surface area contributed by atoms with Gasteiger partial charge < -0.3 is 48.6 Å². The van der Waals surface area contributed by atoms with Crippen LogP contribution in [-0.2, 0) is 51.9 Å². The number of aliphatic hydroxyl groups is 1. The summed E-state index contributed by atoms with van der Waals surface area (Å²) in [4.78, 5) is 64.3. The summed E-state index contributed by atoms with van der Waals surface area (Å²) in [5.41, 5.74) is 10.4. The summed E-state index contributed by atoms with van der Waals surface area (Å²) in [5, 5.41) is 26.7. The van der Waals surface area contributed by atoms with Gasteiger partial charge in [0.15, 0.2) is 16.6 Å². The van der Waals surface area contributed by atoms with E-state index in [0.717, 1.165) is 84.5 Å². The van der Waals surface area contributed by atoms with Gasteiger partial charge in [-0.05, 0) is 160 Å². The fourth-order valence-corrected chi connectivity index (χ4v) is 15.4. The van der Waals surface area contributed by atoms with Crippen molar-refractivity contribution in [2.45, 2.75) is 168 Å². The Hall–Kier alpha value is -8.74. The highest BCUT2D eigenvalue weighted by Gasteiger charge is 2.53. The highest BCUT2D eigenvalue weighted by molar-refractivity contribution is 6.74. The van der Waals surface area contributed by atoms with Crippen molar-refractivity contribution in [2.75, 3.05) is 30.5 Å². The number of anilines is 4. The second kappa shape index (κ2) is 30.6. The van der Waals surface area contributed by atoms with Gasteiger partial charge in [-0.15, -0.1) is 0 Å². The number of carbonyl (C=O) groups excluding carboxylic acids is 3. The third kappa shape index (κ3) is 16.4. The zero-order chi connectivity index (χ0) is 77.9. The second-order valence-corrected chi connectivity index (χ2v) is 43.0. The average Bonchev–Trinajstić information content (AvgIpc) is 1.61. The number of halogens is 3. The van der Waals surface area contributed by atoms with Gasteiger partial charge in [0, 0.05) is 106 Å². The van der Waals surface area contributed by atoms with Crippen molar-refractivity contribution in [3.63, 3.8) is 0 Å². The molecular weight excluding hydrogens is 1460 g/mol. The zero-order valence-electron chi connectivity index (χ0n) is 64.6. The van der Waals surface area contributed by atoms with Crippen LogP contribution in [0, 0.1) is 13.8 Å². The minimum atomic E-state index is -2.05. The van der Waals surface area contributed by atoms with Crippen molar-refractivity contribution in [3.8, 4) is 22.5 Å². The molecule has 30 heteroatoms. The van der Waals surface area contributed by atoms with Gasteiger partial charge in [-0.3, -0.25) is 23.1 Å². The first-order valence-electron chi connectivity index (χ1n) is 36.1. The summed E-state index contributed by atoms with van der Waals surface area (Å²) in [5.74, 6) is 2.46. The van der Waals surface area contributed by atoms with E-state index < -0.39 is 41.0 Å². The highest BCUT2D eigenvalue weighted by atomic mass is 35.5. The zero-order valence-corrected chi connectivity index (χ0v) is 68.9. The number of fused-ring (bicyclic) bond motifs is 3. The first kappa shape index (κ1) is 78.8. The summed E-state index contributed by atoms with van der Waals surface area (Å²) in [6, 6.07) is 31.0. The summed E-state index contributed by atoms with van der Waals surface area (Å²) in [6.45, 7) is 36.2. The standard InChI is InChI=1S/C29H36ClN7O2Si.C26H38BClN2O4Si.C23H22ClN7O2/c1-19-15-31-27(33-25-11-12-32-35(25)5)34-26(19)21-14-23-17-37(28(38)36(23)16-21)24(20-9-8-10-22(30)13-20)18-39-40(6,7)29(2,3)4;1-24(2,3)35(8,9)32-17-22(18-11-10-12-20(28)13-18)30-16-21-14-19(15-29(21)23(30)31)27-33-25(4,5)26(6,7)34-27;1-14-10-25-22(27-20-6-7-26-29(20)2)28-21(14)16-9-18-12-31(23(33)30(18)11-16)19(13-32)15-4-3-5-17(24)8-15/h8-16,24H,17-18H2,1-7H3,(H,31,33,34);10-15,22H,16-17H2,1-9H3;3-11,19,32H,12-13H2,1-2H3,(H,25,27,28)/t24-;22-;19-/m111/s1. The Labute approximate surface area is 649 Å². The van der Waals surface area contributed by atoms with E-state index in [4.69, 9.17) is 57.9 Å². The Morgan fingerprint density at radius 2 is 0.907 bits per heavy atom. The lowest BCUT2D eigenvalue weighted by atomic mass is 9.81. The molecule has 0 radical (unpaired) electrons. The van der Waals surface area contributed by atoms with Crippen LogP contribution in [-0.4, -0.2) is 146 Å². The Bertz CT molecular complexity index is 4980. The van der Waals surface area contributed by atoms with Crippen LogP contribution in [0.15, 0.2) is 147 Å². The minimum absolute atomic E-state index is 0.0565. The molecule has 0 saturated carbocycles. The monoisotopic (exact) mass is 1560 g/mol. The van der Waals surface area contributed by atoms with Gasteiger partial charge in [-0.1, -0.05) is 113 Å². The molecule has 3 N–H and O–H groups in total. The van der Waals surface area contributed by atoms with Crippen molar-refractivity contribution < 1.29 is 37.7 Å². The van der Waals surface area contributed by atoms with Crippen LogP contribution in [0.1, 0.15) is 132 Å². The maximum absolute atomic E-state index is 13.8. The smallest absolute Gasteiger partial charge is 0.414 e. The van der Waals surface area contributed by atoms with E-state index in [1.807, 2.05) is 169 Å². The maximum Gasteiger partial charge on any atom is 0.496 e. The summed E-state index contributed by atoms with van der Waals surface area (Å²) in [7, 11) is -0.880. The molecule has 7 aromatic heterocycles. The minimum Gasteiger partial charge on any atom is -0.414 e. The summed E-state index contributed by atoms with van der Waals surface area (Å²) in [6.07, 6.45) is 12.4. The number of nitrogens with one attached hydrogen (secondary N) is 2. The molecule has 4 aliphatic rings. The molecule has 4 aliphatic heterocycles. The molecule has 1 fully saturated rings. The Morgan fingerprint density at radius 3 is 1.24 bits per heavy atom. The van der Waals surface area contributed by atoms with Crippen LogP contribution in [0.3, 0.4) is 0 Å². The fraction of sp³-hybridized carbons (Fsp3) is 0.397. The lowest BCUT2D eigenvalue weighted by molar-refractivity contribution is 0.00578. The van der Waals surface area contributed by atoms with Crippen LogP contribution < -0.4 is 16.1 Å². The number of carbonyl (C=O) groups is 3. The van der Waals surface area contributed by atoms with Crippen LogP contribution in [0.4, 0.5) is 37.9 Å². The second-order valence-electron chi connectivity index (χ2n) is 32.1. The number of aromatic nitrogens is 11.